The van der Waals surface area contributed by atoms with Gasteiger partial charge in [-0.1, -0.05) is 76.1 Å². The highest BCUT2D eigenvalue weighted by molar-refractivity contribution is 5.64. The minimum Gasteiger partial charge on any atom is -0.206 e. The van der Waals surface area contributed by atoms with Crippen molar-refractivity contribution in [3.8, 4) is 11.1 Å². The van der Waals surface area contributed by atoms with Crippen LogP contribution in [0.2, 0.25) is 0 Å². The number of rotatable bonds is 8. The molecule has 5 heteroatoms. The molecule has 0 aromatic heterocycles. The summed E-state index contributed by atoms with van der Waals surface area (Å²) in [7, 11) is 0. The van der Waals surface area contributed by atoms with Gasteiger partial charge in [0.05, 0.1) is 0 Å². The van der Waals surface area contributed by atoms with Gasteiger partial charge in [-0.15, -0.1) is 0 Å². The van der Waals surface area contributed by atoms with Crippen molar-refractivity contribution in [2.75, 3.05) is 0 Å². The molecule has 4 atom stereocenters. The van der Waals surface area contributed by atoms with Crippen molar-refractivity contribution >= 4 is 0 Å². The average molecular weight is 493 g/mol. The molecule has 2 saturated carbocycles. The minimum absolute atomic E-state index is 0.122. The summed E-state index contributed by atoms with van der Waals surface area (Å²) >= 11 is 0. The van der Waals surface area contributed by atoms with Crippen molar-refractivity contribution in [3.05, 3.63) is 59.2 Å². The maximum Gasteiger partial charge on any atom is 0.422 e. The SMILES string of the molecule is CCCCCCCC1CC[C@@H]2C[C@H](c3ccc(-c4cc(F)c(C(F)(F)F)c(F)c4)cc3)CC[C@@H]2C1. The number of fused-ring (bicyclic) bond motifs is 1. The van der Waals surface area contributed by atoms with Crippen LogP contribution < -0.4 is 0 Å². The second-order valence-corrected chi connectivity index (χ2v) is 10.8. The van der Waals surface area contributed by atoms with Crippen molar-refractivity contribution in [1.29, 1.82) is 0 Å². The molecule has 0 nitrogen and oxygen atoms in total. The Morgan fingerprint density at radius 3 is 2.03 bits per heavy atom. The molecule has 192 valence electrons. The minimum atomic E-state index is -5.05. The maximum absolute atomic E-state index is 14.0. The van der Waals surface area contributed by atoms with E-state index in [-0.39, 0.29) is 5.56 Å². The van der Waals surface area contributed by atoms with Crippen molar-refractivity contribution in [3.63, 3.8) is 0 Å². The van der Waals surface area contributed by atoms with Crippen LogP contribution in [0, 0.1) is 29.4 Å². The summed E-state index contributed by atoms with van der Waals surface area (Å²) in [5.41, 5.74) is 0.0311. The van der Waals surface area contributed by atoms with E-state index in [0.717, 1.165) is 36.3 Å². The van der Waals surface area contributed by atoms with Gasteiger partial charge in [0.25, 0.3) is 0 Å². The van der Waals surface area contributed by atoms with Crippen LogP contribution in [-0.4, -0.2) is 0 Å². The fraction of sp³-hybridized carbons (Fsp3) is 0.600. The summed E-state index contributed by atoms with van der Waals surface area (Å²) in [4.78, 5) is 0. The first-order valence-electron chi connectivity index (χ1n) is 13.4. The van der Waals surface area contributed by atoms with Gasteiger partial charge >= 0.3 is 6.18 Å². The summed E-state index contributed by atoms with van der Waals surface area (Å²) in [5, 5.41) is 0. The zero-order valence-electron chi connectivity index (χ0n) is 20.6. The van der Waals surface area contributed by atoms with Gasteiger partial charge in [-0.25, -0.2) is 8.78 Å². The van der Waals surface area contributed by atoms with Gasteiger partial charge in [0.15, 0.2) is 0 Å². The topological polar surface area (TPSA) is 0 Å². The third-order valence-corrected chi connectivity index (χ3v) is 8.48. The van der Waals surface area contributed by atoms with Crippen LogP contribution in [0.1, 0.15) is 101 Å². The van der Waals surface area contributed by atoms with Crippen LogP contribution in [0.15, 0.2) is 36.4 Å². The Labute approximate surface area is 206 Å². The van der Waals surface area contributed by atoms with Crippen LogP contribution >= 0.6 is 0 Å². The lowest BCUT2D eigenvalue weighted by atomic mass is 9.63. The highest BCUT2D eigenvalue weighted by Gasteiger charge is 2.38. The van der Waals surface area contributed by atoms with E-state index in [0.29, 0.717) is 11.5 Å². The molecule has 0 amide bonds. The number of hydrogen-bond donors (Lipinski definition) is 0. The molecule has 2 fully saturated rings. The number of alkyl halides is 3. The largest absolute Gasteiger partial charge is 0.422 e. The molecule has 1 unspecified atom stereocenters. The van der Waals surface area contributed by atoms with Crippen LogP contribution in [0.4, 0.5) is 22.0 Å². The smallest absolute Gasteiger partial charge is 0.206 e. The number of unbranched alkanes of at least 4 members (excludes halogenated alkanes) is 4. The molecule has 0 aliphatic heterocycles. The summed E-state index contributed by atoms with van der Waals surface area (Å²) in [6, 6.07) is 9.06. The molecule has 2 aliphatic carbocycles. The van der Waals surface area contributed by atoms with E-state index in [4.69, 9.17) is 0 Å². The normalized spacial score (nSPS) is 24.9. The van der Waals surface area contributed by atoms with E-state index in [1.807, 2.05) is 12.1 Å². The molecular formula is C30H37F5. The Balaban J connectivity index is 1.34. The summed E-state index contributed by atoms with van der Waals surface area (Å²) in [6.07, 6.45) is 10.8. The molecule has 0 spiro atoms. The first-order valence-corrected chi connectivity index (χ1v) is 13.4. The molecule has 0 saturated heterocycles. The van der Waals surface area contributed by atoms with E-state index in [1.54, 1.807) is 12.1 Å². The van der Waals surface area contributed by atoms with Gasteiger partial charge in [0.2, 0.25) is 0 Å². The van der Waals surface area contributed by atoms with Gasteiger partial charge in [-0.05, 0) is 84.6 Å². The first-order chi connectivity index (χ1) is 16.8. The van der Waals surface area contributed by atoms with Gasteiger partial charge in [0.1, 0.15) is 17.2 Å². The van der Waals surface area contributed by atoms with Gasteiger partial charge in [-0.3, -0.25) is 0 Å². The molecule has 2 aromatic carbocycles. The fourth-order valence-electron chi connectivity index (χ4n) is 6.55. The molecule has 4 rings (SSSR count). The number of hydrogen-bond acceptors (Lipinski definition) is 0. The third kappa shape index (κ3) is 6.46. The number of benzene rings is 2. The molecule has 0 bridgehead atoms. The Morgan fingerprint density at radius 1 is 0.743 bits per heavy atom. The average Bonchev–Trinajstić information content (AvgIpc) is 2.82. The predicted molar refractivity (Wildman–Crippen MR) is 131 cm³/mol. The van der Waals surface area contributed by atoms with E-state index in [9.17, 15) is 22.0 Å². The van der Waals surface area contributed by atoms with Crippen LogP contribution in [0.25, 0.3) is 11.1 Å². The molecule has 0 N–H and O–H groups in total. The van der Waals surface area contributed by atoms with Crippen LogP contribution in [0.5, 0.6) is 0 Å². The van der Waals surface area contributed by atoms with Crippen LogP contribution in [-0.2, 0) is 6.18 Å². The predicted octanol–water partition coefficient (Wildman–Crippen LogP) is 10.3. The summed E-state index contributed by atoms with van der Waals surface area (Å²) < 4.78 is 66.6. The van der Waals surface area contributed by atoms with E-state index in [1.165, 1.54) is 76.2 Å². The molecule has 0 radical (unpaired) electrons. The Bertz CT molecular complexity index is 939. The van der Waals surface area contributed by atoms with E-state index >= 15 is 0 Å². The fourth-order valence-corrected chi connectivity index (χ4v) is 6.55. The zero-order valence-corrected chi connectivity index (χ0v) is 20.6. The summed E-state index contributed by atoms with van der Waals surface area (Å²) in [6.45, 7) is 2.26. The first kappa shape index (κ1) is 26.2. The van der Waals surface area contributed by atoms with E-state index in [2.05, 4.69) is 6.92 Å². The molecule has 35 heavy (non-hydrogen) atoms. The van der Waals surface area contributed by atoms with Crippen molar-refractivity contribution < 1.29 is 22.0 Å². The molecule has 0 heterocycles. The molecular weight excluding hydrogens is 455 g/mol. The highest BCUT2D eigenvalue weighted by atomic mass is 19.4. The standard InChI is InChI=1S/C30H37F5/c1-2-3-4-5-6-7-20-8-9-25-17-24(15-14-23(25)16-20)21-10-12-22(13-11-21)26-18-27(31)29(28(32)19-26)30(33,34)35/h10-13,18-20,23-25H,2-9,14-17H2,1H3/t20?,23-,24-,25-/m1/s1. The Hall–Kier alpha value is -1.91. The van der Waals surface area contributed by atoms with Gasteiger partial charge < -0.3 is 0 Å². The zero-order chi connectivity index (χ0) is 25.0. The lowest BCUT2D eigenvalue weighted by Crippen LogP contribution is -2.30. The van der Waals surface area contributed by atoms with Crippen molar-refractivity contribution in [2.24, 2.45) is 17.8 Å². The second-order valence-electron chi connectivity index (χ2n) is 10.8. The lowest BCUT2D eigenvalue weighted by Gasteiger charge is -2.42. The van der Waals surface area contributed by atoms with Gasteiger partial charge in [0, 0.05) is 0 Å². The van der Waals surface area contributed by atoms with Crippen molar-refractivity contribution in [2.45, 2.75) is 96.1 Å². The monoisotopic (exact) mass is 492 g/mol. The summed E-state index contributed by atoms with van der Waals surface area (Å²) in [5.74, 6) is -0.144. The highest BCUT2D eigenvalue weighted by Crippen LogP contribution is 2.48. The molecule has 2 aromatic rings. The Morgan fingerprint density at radius 2 is 1.37 bits per heavy atom. The molecule has 2 aliphatic rings. The van der Waals surface area contributed by atoms with E-state index < -0.39 is 23.4 Å². The van der Waals surface area contributed by atoms with Crippen molar-refractivity contribution in [1.82, 2.24) is 0 Å². The van der Waals surface area contributed by atoms with Crippen LogP contribution in [0.3, 0.4) is 0 Å². The number of halogens is 5. The quantitative estimate of drug-likeness (QED) is 0.254. The lowest BCUT2D eigenvalue weighted by molar-refractivity contribution is -0.142. The second kappa shape index (κ2) is 11.4. The Kier molecular flexibility index (Phi) is 8.54. The van der Waals surface area contributed by atoms with Gasteiger partial charge in [-0.2, -0.15) is 13.2 Å². The third-order valence-electron chi connectivity index (χ3n) is 8.48. The maximum atomic E-state index is 14.0.